The molecule has 2 saturated heterocycles. The zero-order valence-corrected chi connectivity index (χ0v) is 19.6. The second-order valence-electron chi connectivity index (χ2n) is 9.21. The van der Waals surface area contributed by atoms with Gasteiger partial charge < -0.3 is 19.7 Å². The van der Waals surface area contributed by atoms with Gasteiger partial charge >= 0.3 is 12.1 Å². The molecule has 5 amide bonds. The molecule has 3 rings (SSSR count). The minimum absolute atomic E-state index is 0.0188. The Morgan fingerprint density at radius 2 is 1.82 bits per heavy atom. The van der Waals surface area contributed by atoms with Crippen LogP contribution in [0.4, 0.5) is 9.59 Å². The number of hydrogen-bond donors (Lipinski definition) is 2. The fourth-order valence-corrected chi connectivity index (χ4v) is 3.65. The standard InChI is InChI=1S/C22H31N5O6/c1-21(2,3)33-20(31)26-11-9-25(10-12-26)14-17(28)24-27-18(29)22(4,23-19(27)30)15-7-6-8-16(13-15)32-5/h6-8,13H,9-12,14H2,1-5H3,(H,23,30)(H,24,28). The van der Waals surface area contributed by atoms with Gasteiger partial charge in [0.05, 0.1) is 13.7 Å². The maximum atomic E-state index is 13.0. The van der Waals surface area contributed by atoms with Crippen molar-refractivity contribution in [1.29, 1.82) is 0 Å². The number of nitrogens with zero attached hydrogens (tertiary/aromatic N) is 3. The van der Waals surface area contributed by atoms with Gasteiger partial charge in [-0.1, -0.05) is 12.1 Å². The van der Waals surface area contributed by atoms with Gasteiger partial charge in [0.1, 0.15) is 16.9 Å². The number of carbonyl (C=O) groups excluding carboxylic acids is 4. The summed E-state index contributed by atoms with van der Waals surface area (Å²) in [7, 11) is 1.51. The first-order chi connectivity index (χ1) is 15.4. The maximum absolute atomic E-state index is 13.0. The molecule has 180 valence electrons. The second-order valence-corrected chi connectivity index (χ2v) is 9.21. The molecule has 0 aliphatic carbocycles. The summed E-state index contributed by atoms with van der Waals surface area (Å²) in [6, 6.07) is 6.10. The Hall–Kier alpha value is -3.34. The molecule has 1 unspecified atom stereocenters. The van der Waals surface area contributed by atoms with E-state index in [4.69, 9.17) is 9.47 Å². The third kappa shape index (κ3) is 5.54. The minimum atomic E-state index is -1.34. The second kappa shape index (κ2) is 9.26. The van der Waals surface area contributed by atoms with E-state index in [-0.39, 0.29) is 12.6 Å². The first-order valence-electron chi connectivity index (χ1n) is 10.7. The van der Waals surface area contributed by atoms with Crippen molar-refractivity contribution in [3.63, 3.8) is 0 Å². The number of carbonyl (C=O) groups is 4. The van der Waals surface area contributed by atoms with E-state index in [1.165, 1.54) is 7.11 Å². The monoisotopic (exact) mass is 461 g/mol. The van der Waals surface area contributed by atoms with E-state index in [0.29, 0.717) is 42.5 Å². The lowest BCUT2D eigenvalue weighted by Crippen LogP contribution is -2.54. The Morgan fingerprint density at radius 1 is 1.15 bits per heavy atom. The van der Waals surface area contributed by atoms with Crippen molar-refractivity contribution < 1.29 is 28.7 Å². The van der Waals surface area contributed by atoms with Crippen molar-refractivity contribution in [3.05, 3.63) is 29.8 Å². The van der Waals surface area contributed by atoms with Crippen LogP contribution in [-0.4, -0.2) is 84.2 Å². The van der Waals surface area contributed by atoms with Gasteiger partial charge in [-0.2, -0.15) is 5.01 Å². The number of benzene rings is 1. The zero-order chi connectivity index (χ0) is 24.4. The summed E-state index contributed by atoms with van der Waals surface area (Å²) in [6.45, 7) is 8.74. The van der Waals surface area contributed by atoms with Crippen LogP contribution in [0.15, 0.2) is 24.3 Å². The van der Waals surface area contributed by atoms with E-state index in [2.05, 4.69) is 10.7 Å². The lowest BCUT2D eigenvalue weighted by molar-refractivity contribution is -0.139. The highest BCUT2D eigenvalue weighted by atomic mass is 16.6. The van der Waals surface area contributed by atoms with Gasteiger partial charge in [-0.05, 0) is 45.4 Å². The molecule has 1 aromatic carbocycles. The van der Waals surface area contributed by atoms with Crippen molar-refractivity contribution in [2.75, 3.05) is 39.8 Å². The topological polar surface area (TPSA) is 121 Å². The molecule has 2 heterocycles. The molecule has 0 aromatic heterocycles. The Morgan fingerprint density at radius 3 is 2.42 bits per heavy atom. The number of nitrogens with one attached hydrogen (secondary N) is 2. The Balaban J connectivity index is 1.55. The van der Waals surface area contributed by atoms with E-state index in [1.54, 1.807) is 56.9 Å². The predicted octanol–water partition coefficient (Wildman–Crippen LogP) is 1.05. The third-order valence-corrected chi connectivity index (χ3v) is 5.47. The highest BCUT2D eigenvalue weighted by Crippen LogP contribution is 2.30. The summed E-state index contributed by atoms with van der Waals surface area (Å²) in [6.07, 6.45) is -0.386. The van der Waals surface area contributed by atoms with Crippen LogP contribution in [-0.2, 0) is 19.9 Å². The summed E-state index contributed by atoms with van der Waals surface area (Å²) in [5, 5.41) is 3.35. The van der Waals surface area contributed by atoms with Gasteiger partial charge in [-0.25, -0.2) is 9.59 Å². The molecule has 0 bridgehead atoms. The van der Waals surface area contributed by atoms with Crippen LogP contribution in [0.5, 0.6) is 5.75 Å². The summed E-state index contributed by atoms with van der Waals surface area (Å²) in [5.74, 6) is -0.549. The predicted molar refractivity (Wildman–Crippen MR) is 118 cm³/mol. The number of ether oxygens (including phenoxy) is 2. The van der Waals surface area contributed by atoms with E-state index < -0.39 is 29.0 Å². The number of hydrazine groups is 1. The normalized spacial score (nSPS) is 21.6. The SMILES string of the molecule is COc1cccc(C2(C)NC(=O)N(NC(=O)CN3CCN(C(=O)OC(C)(C)C)CC3)C2=O)c1. The third-order valence-electron chi connectivity index (χ3n) is 5.47. The van der Waals surface area contributed by atoms with Gasteiger partial charge in [-0.3, -0.25) is 19.9 Å². The maximum Gasteiger partial charge on any atom is 0.410 e. The smallest absolute Gasteiger partial charge is 0.410 e. The van der Waals surface area contributed by atoms with E-state index >= 15 is 0 Å². The Bertz CT molecular complexity index is 937. The Kier molecular flexibility index (Phi) is 6.82. The summed E-state index contributed by atoms with van der Waals surface area (Å²) < 4.78 is 10.6. The highest BCUT2D eigenvalue weighted by Gasteiger charge is 2.50. The lowest BCUT2D eigenvalue weighted by Gasteiger charge is -2.35. The average molecular weight is 462 g/mol. The molecule has 2 fully saturated rings. The van der Waals surface area contributed by atoms with Crippen LogP contribution < -0.4 is 15.5 Å². The van der Waals surface area contributed by atoms with Crippen LogP contribution in [0.1, 0.15) is 33.3 Å². The largest absolute Gasteiger partial charge is 0.497 e. The number of imide groups is 1. The van der Waals surface area contributed by atoms with Crippen LogP contribution >= 0.6 is 0 Å². The average Bonchev–Trinajstić information content (AvgIpc) is 2.97. The number of rotatable bonds is 5. The number of methoxy groups -OCH3 is 1. The molecule has 2 N–H and O–H groups in total. The molecule has 0 spiro atoms. The van der Waals surface area contributed by atoms with E-state index in [0.717, 1.165) is 0 Å². The lowest BCUT2D eigenvalue weighted by atomic mass is 9.92. The first-order valence-corrected chi connectivity index (χ1v) is 10.7. The van der Waals surface area contributed by atoms with E-state index in [9.17, 15) is 19.2 Å². The van der Waals surface area contributed by atoms with Crippen molar-refractivity contribution in [1.82, 2.24) is 25.6 Å². The highest BCUT2D eigenvalue weighted by molar-refractivity contribution is 6.08. The summed E-state index contributed by atoms with van der Waals surface area (Å²) in [5.41, 5.74) is 1.03. The molecule has 0 radical (unpaired) electrons. The number of urea groups is 1. The van der Waals surface area contributed by atoms with Crippen LogP contribution in [0.25, 0.3) is 0 Å². The van der Waals surface area contributed by atoms with Crippen LogP contribution in [0.2, 0.25) is 0 Å². The van der Waals surface area contributed by atoms with Crippen LogP contribution in [0, 0.1) is 0 Å². The van der Waals surface area contributed by atoms with Gasteiger partial charge in [0.15, 0.2) is 0 Å². The number of amides is 5. The number of piperazine rings is 1. The molecule has 33 heavy (non-hydrogen) atoms. The van der Waals surface area contributed by atoms with Gasteiger partial charge in [-0.15, -0.1) is 0 Å². The van der Waals surface area contributed by atoms with Crippen molar-refractivity contribution >= 4 is 23.9 Å². The van der Waals surface area contributed by atoms with Crippen molar-refractivity contribution in [2.24, 2.45) is 0 Å². The molecule has 2 aliphatic heterocycles. The quantitative estimate of drug-likeness (QED) is 0.629. The molecular formula is C22H31N5O6. The van der Waals surface area contributed by atoms with Crippen molar-refractivity contribution in [3.8, 4) is 5.75 Å². The zero-order valence-electron chi connectivity index (χ0n) is 19.6. The van der Waals surface area contributed by atoms with Gasteiger partial charge in [0, 0.05) is 26.2 Å². The summed E-state index contributed by atoms with van der Waals surface area (Å²) in [4.78, 5) is 53.6. The molecule has 0 saturated carbocycles. The van der Waals surface area contributed by atoms with Crippen LogP contribution in [0.3, 0.4) is 0 Å². The number of hydrogen-bond acceptors (Lipinski definition) is 7. The first kappa shape index (κ1) is 24.3. The Labute approximate surface area is 192 Å². The fraction of sp³-hybridized carbons (Fsp3) is 0.545. The summed E-state index contributed by atoms with van der Waals surface area (Å²) >= 11 is 0. The molecule has 1 aromatic rings. The van der Waals surface area contributed by atoms with E-state index in [1.807, 2.05) is 4.90 Å². The van der Waals surface area contributed by atoms with Gasteiger partial charge in [0.2, 0.25) is 0 Å². The molecule has 11 heteroatoms. The molecule has 11 nitrogen and oxygen atoms in total. The molecule has 1 atom stereocenters. The van der Waals surface area contributed by atoms with Crippen molar-refractivity contribution in [2.45, 2.75) is 38.8 Å². The minimum Gasteiger partial charge on any atom is -0.497 e. The fourth-order valence-electron chi connectivity index (χ4n) is 3.65. The molecule has 2 aliphatic rings. The van der Waals surface area contributed by atoms with Gasteiger partial charge in [0.25, 0.3) is 11.8 Å². The molecular weight excluding hydrogens is 430 g/mol.